The average molecular weight is 287 g/mol. The summed E-state index contributed by atoms with van der Waals surface area (Å²) in [5.41, 5.74) is 5.06. The molecule has 0 aliphatic rings. The Morgan fingerprint density at radius 1 is 1.37 bits per heavy atom. The molecule has 0 radical (unpaired) electrons. The first-order valence-electron chi connectivity index (χ1n) is 5.88. The highest BCUT2D eigenvalue weighted by atomic mass is 32.2. The lowest BCUT2D eigenvalue weighted by Gasteiger charge is -2.19. The predicted molar refractivity (Wildman–Crippen MR) is 72.2 cm³/mol. The smallest absolute Gasteiger partial charge is 0.292 e. The summed E-state index contributed by atoms with van der Waals surface area (Å²) in [4.78, 5) is 9.98. The Hall–Kier alpha value is -1.67. The van der Waals surface area contributed by atoms with Crippen LogP contribution >= 0.6 is 0 Å². The fraction of sp³-hybridized carbons (Fsp3) is 0.455. The van der Waals surface area contributed by atoms with Crippen LogP contribution in [0.2, 0.25) is 0 Å². The molecular weight excluding hydrogens is 270 g/mol. The van der Waals surface area contributed by atoms with E-state index in [4.69, 9.17) is 5.73 Å². The number of nitro groups is 1. The number of sulfonamides is 1. The Bertz CT molecular complexity index is 571. The van der Waals surface area contributed by atoms with Crippen LogP contribution in [0.25, 0.3) is 0 Å². The molecule has 1 aromatic carbocycles. The van der Waals surface area contributed by atoms with E-state index in [0.717, 1.165) is 12.1 Å². The van der Waals surface area contributed by atoms with Crippen LogP contribution in [0, 0.1) is 10.1 Å². The van der Waals surface area contributed by atoms with Gasteiger partial charge in [0.1, 0.15) is 5.69 Å². The molecule has 0 aliphatic carbocycles. The van der Waals surface area contributed by atoms with Crippen LogP contribution < -0.4 is 5.73 Å². The van der Waals surface area contributed by atoms with E-state index < -0.39 is 14.9 Å². The quantitative estimate of drug-likeness (QED) is 0.486. The van der Waals surface area contributed by atoms with Gasteiger partial charge >= 0.3 is 0 Å². The highest BCUT2D eigenvalue weighted by molar-refractivity contribution is 7.89. The number of nitro benzene ring substituents is 1. The van der Waals surface area contributed by atoms with Crippen LogP contribution in [-0.4, -0.2) is 30.7 Å². The van der Waals surface area contributed by atoms with Crippen molar-refractivity contribution in [2.75, 3.05) is 18.8 Å². The molecule has 0 unspecified atom stereocenters. The van der Waals surface area contributed by atoms with Crippen LogP contribution in [-0.2, 0) is 10.0 Å². The van der Waals surface area contributed by atoms with Gasteiger partial charge in [-0.1, -0.05) is 13.8 Å². The maximum absolute atomic E-state index is 12.3. The molecule has 1 aromatic rings. The Labute approximate surface area is 112 Å². The fourth-order valence-electron chi connectivity index (χ4n) is 1.71. The van der Waals surface area contributed by atoms with Gasteiger partial charge in [-0.05, 0) is 18.6 Å². The minimum Gasteiger partial charge on any atom is -0.393 e. The maximum atomic E-state index is 12.3. The molecule has 0 aliphatic heterocycles. The summed E-state index contributed by atoms with van der Waals surface area (Å²) in [5.74, 6) is 0. The van der Waals surface area contributed by atoms with E-state index in [2.05, 4.69) is 0 Å². The van der Waals surface area contributed by atoms with Gasteiger partial charge < -0.3 is 5.73 Å². The zero-order valence-corrected chi connectivity index (χ0v) is 11.7. The number of rotatable bonds is 6. The van der Waals surface area contributed by atoms with Gasteiger partial charge in [0, 0.05) is 19.2 Å². The number of benzene rings is 1. The Morgan fingerprint density at radius 3 is 2.42 bits per heavy atom. The minimum atomic E-state index is -3.65. The van der Waals surface area contributed by atoms with Crippen molar-refractivity contribution in [3.05, 3.63) is 28.3 Å². The summed E-state index contributed by atoms with van der Waals surface area (Å²) in [6.07, 6.45) is 0.690. The standard InChI is InChI=1S/C11H17N3O4S/c1-3-7-13(4-2)19(17,18)9-5-6-11(14(15)16)10(12)8-9/h5-6,8H,3-4,7,12H2,1-2H3. The SMILES string of the molecule is CCCN(CC)S(=O)(=O)c1ccc([N+](=O)[O-])c(N)c1. The molecule has 0 saturated carbocycles. The Morgan fingerprint density at radius 2 is 2.00 bits per heavy atom. The van der Waals surface area contributed by atoms with Crippen LogP contribution in [0.3, 0.4) is 0 Å². The van der Waals surface area contributed by atoms with Gasteiger partial charge in [0.15, 0.2) is 0 Å². The molecule has 1 rings (SSSR count). The second-order valence-electron chi connectivity index (χ2n) is 3.97. The van der Waals surface area contributed by atoms with Crippen molar-refractivity contribution in [1.82, 2.24) is 4.31 Å². The molecule has 0 amide bonds. The van der Waals surface area contributed by atoms with E-state index in [1.807, 2.05) is 6.92 Å². The number of hydrogen-bond acceptors (Lipinski definition) is 5. The van der Waals surface area contributed by atoms with Crippen LogP contribution in [0.15, 0.2) is 23.1 Å². The van der Waals surface area contributed by atoms with E-state index in [-0.39, 0.29) is 16.3 Å². The number of anilines is 1. The topological polar surface area (TPSA) is 107 Å². The third kappa shape index (κ3) is 3.21. The van der Waals surface area contributed by atoms with Gasteiger partial charge in [-0.3, -0.25) is 10.1 Å². The number of nitrogens with zero attached hydrogens (tertiary/aromatic N) is 2. The molecule has 2 N–H and O–H groups in total. The first kappa shape index (κ1) is 15.4. The van der Waals surface area contributed by atoms with E-state index in [1.54, 1.807) is 6.92 Å². The van der Waals surface area contributed by atoms with E-state index in [9.17, 15) is 18.5 Å². The lowest BCUT2D eigenvalue weighted by Crippen LogP contribution is -2.31. The molecule has 0 aromatic heterocycles. The van der Waals surface area contributed by atoms with Gasteiger partial charge in [-0.25, -0.2) is 8.42 Å². The normalized spacial score (nSPS) is 11.7. The van der Waals surface area contributed by atoms with E-state index >= 15 is 0 Å². The average Bonchev–Trinajstić information content (AvgIpc) is 2.34. The zero-order chi connectivity index (χ0) is 14.6. The monoisotopic (exact) mass is 287 g/mol. The van der Waals surface area contributed by atoms with Gasteiger partial charge in [0.2, 0.25) is 10.0 Å². The minimum absolute atomic E-state index is 0.0223. The molecule has 8 heteroatoms. The molecule has 7 nitrogen and oxygen atoms in total. The van der Waals surface area contributed by atoms with Crippen molar-refractivity contribution in [2.24, 2.45) is 0 Å². The van der Waals surface area contributed by atoms with Crippen molar-refractivity contribution in [3.8, 4) is 0 Å². The van der Waals surface area contributed by atoms with Crippen molar-refractivity contribution in [2.45, 2.75) is 25.2 Å². The first-order chi connectivity index (χ1) is 8.84. The lowest BCUT2D eigenvalue weighted by atomic mass is 10.3. The molecule has 0 saturated heterocycles. The van der Waals surface area contributed by atoms with Crippen molar-refractivity contribution < 1.29 is 13.3 Å². The van der Waals surface area contributed by atoms with Gasteiger partial charge in [0.05, 0.1) is 9.82 Å². The highest BCUT2D eigenvalue weighted by Gasteiger charge is 2.24. The fourth-order valence-corrected chi connectivity index (χ4v) is 3.28. The zero-order valence-electron chi connectivity index (χ0n) is 10.9. The Balaban J connectivity index is 3.22. The molecule has 0 bridgehead atoms. The second-order valence-corrected chi connectivity index (χ2v) is 5.91. The largest absolute Gasteiger partial charge is 0.393 e. The maximum Gasteiger partial charge on any atom is 0.292 e. The van der Waals surface area contributed by atoms with E-state index in [0.29, 0.717) is 19.5 Å². The summed E-state index contributed by atoms with van der Waals surface area (Å²) in [7, 11) is -3.65. The summed E-state index contributed by atoms with van der Waals surface area (Å²) in [6, 6.07) is 3.45. The highest BCUT2D eigenvalue weighted by Crippen LogP contribution is 2.26. The third-order valence-electron chi connectivity index (χ3n) is 2.66. The van der Waals surface area contributed by atoms with Crippen molar-refractivity contribution in [1.29, 1.82) is 0 Å². The summed E-state index contributed by atoms with van der Waals surface area (Å²) in [5, 5.41) is 10.6. The summed E-state index contributed by atoms with van der Waals surface area (Å²) >= 11 is 0. The van der Waals surface area contributed by atoms with Gasteiger partial charge in [-0.2, -0.15) is 4.31 Å². The lowest BCUT2D eigenvalue weighted by molar-refractivity contribution is -0.383. The predicted octanol–water partition coefficient (Wildman–Crippen LogP) is 1.60. The number of hydrogen-bond donors (Lipinski definition) is 1. The van der Waals surface area contributed by atoms with Gasteiger partial charge in [0.25, 0.3) is 5.69 Å². The van der Waals surface area contributed by atoms with Crippen LogP contribution in [0.4, 0.5) is 11.4 Å². The van der Waals surface area contributed by atoms with Crippen molar-refractivity contribution in [3.63, 3.8) is 0 Å². The van der Waals surface area contributed by atoms with E-state index in [1.165, 1.54) is 10.4 Å². The van der Waals surface area contributed by atoms with Crippen LogP contribution in [0.1, 0.15) is 20.3 Å². The molecule has 19 heavy (non-hydrogen) atoms. The number of nitrogens with two attached hydrogens (primary N) is 1. The van der Waals surface area contributed by atoms with Crippen molar-refractivity contribution >= 4 is 21.4 Å². The molecular formula is C11H17N3O4S. The summed E-state index contributed by atoms with van der Waals surface area (Å²) in [6.45, 7) is 4.35. The second kappa shape index (κ2) is 5.98. The summed E-state index contributed by atoms with van der Waals surface area (Å²) < 4.78 is 25.9. The van der Waals surface area contributed by atoms with Crippen LogP contribution in [0.5, 0.6) is 0 Å². The third-order valence-corrected chi connectivity index (χ3v) is 4.63. The molecule has 0 heterocycles. The van der Waals surface area contributed by atoms with Gasteiger partial charge in [-0.15, -0.1) is 0 Å². The molecule has 0 spiro atoms. The molecule has 0 atom stereocenters. The molecule has 0 fully saturated rings. The molecule has 106 valence electrons. The number of nitrogen functional groups attached to an aromatic ring is 1. The Kier molecular flexibility index (Phi) is 4.84. The first-order valence-corrected chi connectivity index (χ1v) is 7.32.